The Balaban J connectivity index is 2.36. The molecule has 0 aromatic carbocycles. The highest BCUT2D eigenvalue weighted by Gasteiger charge is 2.06. The average molecular weight is 284 g/mol. The van der Waals surface area contributed by atoms with Crippen molar-refractivity contribution in [1.29, 1.82) is 0 Å². The fourth-order valence-corrected chi connectivity index (χ4v) is 1.31. The van der Waals surface area contributed by atoms with E-state index in [9.17, 15) is 4.79 Å². The number of hydrogen-bond donors (Lipinski definition) is 3. The third kappa shape index (κ3) is 6.14. The van der Waals surface area contributed by atoms with E-state index in [-0.39, 0.29) is 23.8 Å². The summed E-state index contributed by atoms with van der Waals surface area (Å²) in [4.78, 5) is 23.2. The number of rotatable bonds is 9. The minimum atomic E-state index is -0.0818. The van der Waals surface area contributed by atoms with Crippen LogP contribution in [0.3, 0.4) is 0 Å². The molecule has 0 aliphatic rings. The van der Waals surface area contributed by atoms with Crippen molar-refractivity contribution in [2.24, 2.45) is 0 Å². The lowest BCUT2D eigenvalue weighted by Crippen LogP contribution is -2.28. The Bertz CT molecular complexity index is 429. The van der Waals surface area contributed by atoms with Gasteiger partial charge in [-0.3, -0.25) is 4.79 Å². The van der Waals surface area contributed by atoms with E-state index < -0.39 is 0 Å². The Morgan fingerprint density at radius 3 is 2.80 bits per heavy atom. The number of methoxy groups -OCH3 is 1. The van der Waals surface area contributed by atoms with E-state index in [0.717, 1.165) is 0 Å². The van der Waals surface area contributed by atoms with Crippen LogP contribution in [0.25, 0.3) is 0 Å². The van der Waals surface area contributed by atoms with Crippen LogP contribution in [-0.4, -0.2) is 54.3 Å². The van der Waals surface area contributed by atoms with Crippen molar-refractivity contribution >= 4 is 17.8 Å². The molecule has 1 heterocycles. The number of ether oxygens (including phenoxy) is 2. The van der Waals surface area contributed by atoms with Crippen molar-refractivity contribution in [3.8, 4) is 6.01 Å². The maximum absolute atomic E-state index is 11.4. The lowest BCUT2D eigenvalue weighted by molar-refractivity contribution is -0.121. The molecule has 20 heavy (non-hydrogen) atoms. The summed E-state index contributed by atoms with van der Waals surface area (Å²) in [5.41, 5.74) is 5.53. The Hall–Kier alpha value is -2.16. The molecule has 0 unspecified atom stereocenters. The molecule has 1 aromatic heterocycles. The smallest absolute Gasteiger partial charge is 0.323 e. The summed E-state index contributed by atoms with van der Waals surface area (Å²) in [7, 11) is 1.58. The van der Waals surface area contributed by atoms with Crippen LogP contribution in [-0.2, 0) is 9.53 Å². The second kappa shape index (κ2) is 8.86. The zero-order valence-corrected chi connectivity index (χ0v) is 11.7. The second-order valence-corrected chi connectivity index (χ2v) is 3.75. The van der Waals surface area contributed by atoms with Crippen molar-refractivity contribution in [1.82, 2.24) is 20.3 Å². The fourth-order valence-electron chi connectivity index (χ4n) is 1.31. The largest absolute Gasteiger partial charge is 0.464 e. The third-order valence-corrected chi connectivity index (χ3v) is 2.17. The highest BCUT2D eigenvalue weighted by atomic mass is 16.5. The molecule has 9 heteroatoms. The maximum Gasteiger partial charge on any atom is 0.323 e. The first-order valence-electron chi connectivity index (χ1n) is 6.29. The quantitative estimate of drug-likeness (QED) is 0.514. The van der Waals surface area contributed by atoms with Gasteiger partial charge in [0.25, 0.3) is 0 Å². The molecule has 0 aliphatic carbocycles. The Morgan fingerprint density at radius 1 is 1.30 bits per heavy atom. The highest BCUT2D eigenvalue weighted by molar-refractivity contribution is 5.76. The Morgan fingerprint density at radius 2 is 2.10 bits per heavy atom. The summed E-state index contributed by atoms with van der Waals surface area (Å²) < 4.78 is 9.98. The van der Waals surface area contributed by atoms with E-state index in [1.165, 1.54) is 0 Å². The predicted octanol–water partition coefficient (Wildman–Crippen LogP) is -0.583. The number of nitrogens with two attached hydrogens (primary N) is 1. The number of carbonyl (C=O) groups excluding carboxylic acids is 1. The number of amides is 1. The number of nitrogens with zero attached hydrogens (tertiary/aromatic N) is 3. The second-order valence-electron chi connectivity index (χ2n) is 3.75. The lowest BCUT2D eigenvalue weighted by atomic mass is 10.4. The summed E-state index contributed by atoms with van der Waals surface area (Å²) in [5.74, 6) is 0.266. The molecular weight excluding hydrogens is 264 g/mol. The highest BCUT2D eigenvalue weighted by Crippen LogP contribution is 2.08. The van der Waals surface area contributed by atoms with Crippen molar-refractivity contribution in [3.05, 3.63) is 0 Å². The monoisotopic (exact) mass is 284 g/mol. The van der Waals surface area contributed by atoms with E-state index in [2.05, 4.69) is 25.6 Å². The van der Waals surface area contributed by atoms with Gasteiger partial charge in [0.2, 0.25) is 17.8 Å². The number of hydrogen-bond acceptors (Lipinski definition) is 8. The molecule has 0 saturated heterocycles. The molecule has 0 radical (unpaired) electrons. The molecule has 0 fully saturated rings. The van der Waals surface area contributed by atoms with Crippen LogP contribution in [0.2, 0.25) is 0 Å². The molecule has 0 saturated carbocycles. The molecule has 1 aromatic rings. The van der Waals surface area contributed by atoms with Crippen LogP contribution in [0.4, 0.5) is 11.9 Å². The number of nitrogens with one attached hydrogen (secondary N) is 2. The van der Waals surface area contributed by atoms with E-state index in [4.69, 9.17) is 15.2 Å². The van der Waals surface area contributed by atoms with E-state index in [1.54, 1.807) is 7.11 Å². The van der Waals surface area contributed by atoms with Crippen LogP contribution < -0.4 is 21.1 Å². The number of nitrogen functional groups attached to an aromatic ring is 1. The van der Waals surface area contributed by atoms with Gasteiger partial charge in [0.05, 0.1) is 13.2 Å². The number of carbonyl (C=O) groups is 1. The number of aromatic nitrogens is 3. The van der Waals surface area contributed by atoms with Gasteiger partial charge in [0, 0.05) is 26.6 Å². The molecule has 112 valence electrons. The topological polar surface area (TPSA) is 124 Å². The van der Waals surface area contributed by atoms with Crippen LogP contribution in [0.5, 0.6) is 6.01 Å². The zero-order valence-electron chi connectivity index (χ0n) is 11.7. The molecule has 0 spiro atoms. The molecule has 0 aliphatic heterocycles. The first-order chi connectivity index (χ1) is 9.65. The van der Waals surface area contributed by atoms with Crippen LogP contribution >= 0.6 is 0 Å². The molecular formula is C11H20N6O3. The van der Waals surface area contributed by atoms with Gasteiger partial charge in [0.1, 0.15) is 0 Å². The molecule has 9 nitrogen and oxygen atoms in total. The zero-order chi connectivity index (χ0) is 14.8. The molecule has 4 N–H and O–H groups in total. The molecule has 0 atom stereocenters. The summed E-state index contributed by atoms with van der Waals surface area (Å²) in [6.07, 6.45) is 0.291. The Kier molecular flexibility index (Phi) is 7.04. The normalized spacial score (nSPS) is 10.1. The van der Waals surface area contributed by atoms with Gasteiger partial charge in [-0.1, -0.05) is 0 Å². The van der Waals surface area contributed by atoms with E-state index in [1.807, 2.05) is 6.92 Å². The van der Waals surface area contributed by atoms with E-state index >= 15 is 0 Å². The minimum absolute atomic E-state index is 0.0653. The predicted molar refractivity (Wildman–Crippen MR) is 73.4 cm³/mol. The standard InChI is InChI=1S/C11H20N6O3/c1-3-20-11-16-9(12)15-10(17-11)14-5-4-8(18)13-6-7-19-2/h3-7H2,1-2H3,(H,13,18)(H3,12,14,15,16,17). The summed E-state index contributed by atoms with van der Waals surface area (Å²) in [6.45, 7) is 3.61. The summed E-state index contributed by atoms with van der Waals surface area (Å²) in [6, 6.07) is 0.159. The van der Waals surface area contributed by atoms with Crippen molar-refractivity contribution in [2.45, 2.75) is 13.3 Å². The van der Waals surface area contributed by atoms with Gasteiger partial charge in [-0.25, -0.2) is 0 Å². The first-order valence-corrected chi connectivity index (χ1v) is 6.29. The lowest BCUT2D eigenvalue weighted by Gasteiger charge is -2.07. The van der Waals surface area contributed by atoms with Gasteiger partial charge < -0.3 is 25.8 Å². The van der Waals surface area contributed by atoms with Crippen LogP contribution in [0.1, 0.15) is 13.3 Å². The average Bonchev–Trinajstić information content (AvgIpc) is 2.39. The maximum atomic E-state index is 11.4. The summed E-state index contributed by atoms with van der Waals surface area (Å²) >= 11 is 0. The van der Waals surface area contributed by atoms with Crippen molar-refractivity contribution < 1.29 is 14.3 Å². The van der Waals surface area contributed by atoms with Gasteiger partial charge >= 0.3 is 6.01 Å². The first kappa shape index (κ1) is 15.9. The Labute approximate surface area is 117 Å². The number of anilines is 2. The molecule has 1 amide bonds. The van der Waals surface area contributed by atoms with Crippen molar-refractivity contribution in [2.75, 3.05) is 44.5 Å². The fraction of sp³-hybridized carbons (Fsp3) is 0.636. The van der Waals surface area contributed by atoms with Crippen LogP contribution in [0.15, 0.2) is 0 Å². The summed E-state index contributed by atoms with van der Waals surface area (Å²) in [5, 5.41) is 5.60. The van der Waals surface area contributed by atoms with Gasteiger partial charge in [-0.2, -0.15) is 15.0 Å². The van der Waals surface area contributed by atoms with Gasteiger partial charge in [-0.15, -0.1) is 0 Å². The minimum Gasteiger partial charge on any atom is -0.464 e. The SMILES string of the molecule is CCOc1nc(N)nc(NCCC(=O)NCCOC)n1. The molecule has 1 rings (SSSR count). The third-order valence-electron chi connectivity index (χ3n) is 2.17. The van der Waals surface area contributed by atoms with Crippen molar-refractivity contribution in [3.63, 3.8) is 0 Å². The van der Waals surface area contributed by atoms with Gasteiger partial charge in [0.15, 0.2) is 0 Å². The molecule has 0 bridgehead atoms. The van der Waals surface area contributed by atoms with E-state index in [0.29, 0.717) is 32.7 Å². The van der Waals surface area contributed by atoms with Gasteiger partial charge in [-0.05, 0) is 6.92 Å². The van der Waals surface area contributed by atoms with Crippen LogP contribution in [0, 0.1) is 0 Å².